The van der Waals surface area contributed by atoms with E-state index in [1.807, 2.05) is 25.5 Å². The van der Waals surface area contributed by atoms with Gasteiger partial charge in [0.1, 0.15) is 5.69 Å². The van der Waals surface area contributed by atoms with Crippen LogP contribution in [0.4, 0.5) is 5.69 Å². The number of carbonyl (C=O) groups is 1. The van der Waals surface area contributed by atoms with Gasteiger partial charge in [0.2, 0.25) is 0 Å². The molecular formula is C19H22ClN5O. The van der Waals surface area contributed by atoms with Crippen molar-refractivity contribution in [3.8, 4) is 0 Å². The summed E-state index contributed by atoms with van der Waals surface area (Å²) < 4.78 is 3.48. The van der Waals surface area contributed by atoms with Crippen LogP contribution >= 0.6 is 11.6 Å². The quantitative estimate of drug-likeness (QED) is 0.737. The molecule has 3 rings (SSSR count). The first-order valence-corrected chi connectivity index (χ1v) is 8.90. The molecule has 0 aliphatic rings. The fourth-order valence-electron chi connectivity index (χ4n) is 2.90. The summed E-state index contributed by atoms with van der Waals surface area (Å²) in [5, 5.41) is 12.0. The van der Waals surface area contributed by atoms with Crippen LogP contribution in [0, 0.1) is 20.8 Å². The number of rotatable bonds is 5. The summed E-state index contributed by atoms with van der Waals surface area (Å²) in [7, 11) is 0. The third-order valence-corrected chi connectivity index (χ3v) is 4.66. The van der Waals surface area contributed by atoms with Crippen LogP contribution < -0.4 is 5.32 Å². The summed E-state index contributed by atoms with van der Waals surface area (Å²) >= 11 is 6.12. The van der Waals surface area contributed by atoms with Gasteiger partial charge in [-0.25, -0.2) is 0 Å². The van der Waals surface area contributed by atoms with Crippen molar-refractivity contribution >= 4 is 23.2 Å². The van der Waals surface area contributed by atoms with E-state index >= 15 is 0 Å². The van der Waals surface area contributed by atoms with E-state index in [0.717, 1.165) is 17.0 Å². The summed E-state index contributed by atoms with van der Waals surface area (Å²) in [6.45, 7) is 9.02. The Morgan fingerprint density at radius 1 is 1.15 bits per heavy atom. The summed E-state index contributed by atoms with van der Waals surface area (Å²) in [5.74, 6) is -0.282. The zero-order valence-electron chi connectivity index (χ0n) is 15.4. The molecule has 7 heteroatoms. The number of amides is 1. The summed E-state index contributed by atoms with van der Waals surface area (Å²) in [4.78, 5) is 12.7. The van der Waals surface area contributed by atoms with E-state index in [9.17, 15) is 4.79 Å². The van der Waals surface area contributed by atoms with E-state index in [1.165, 1.54) is 11.8 Å². The fraction of sp³-hybridized carbons (Fsp3) is 0.316. The first-order chi connectivity index (χ1) is 12.4. The highest BCUT2D eigenvalue weighted by Crippen LogP contribution is 2.23. The van der Waals surface area contributed by atoms with Crippen LogP contribution in [0.25, 0.3) is 0 Å². The van der Waals surface area contributed by atoms with Crippen molar-refractivity contribution in [2.24, 2.45) is 0 Å². The lowest BCUT2D eigenvalue weighted by atomic mass is 10.1. The Hall–Kier alpha value is -2.60. The van der Waals surface area contributed by atoms with E-state index in [4.69, 9.17) is 11.6 Å². The van der Waals surface area contributed by atoms with Crippen LogP contribution in [0.2, 0.25) is 5.02 Å². The molecule has 0 saturated carbocycles. The highest BCUT2D eigenvalue weighted by atomic mass is 35.5. The van der Waals surface area contributed by atoms with Crippen molar-refractivity contribution in [2.45, 2.75) is 40.8 Å². The minimum atomic E-state index is -0.282. The van der Waals surface area contributed by atoms with Crippen molar-refractivity contribution in [1.82, 2.24) is 19.6 Å². The van der Waals surface area contributed by atoms with Gasteiger partial charge in [-0.2, -0.15) is 10.2 Å². The lowest BCUT2D eigenvalue weighted by Crippen LogP contribution is -2.18. The second kappa shape index (κ2) is 7.33. The number of hydrogen-bond acceptors (Lipinski definition) is 3. The average molecular weight is 372 g/mol. The van der Waals surface area contributed by atoms with E-state index in [0.29, 0.717) is 29.5 Å². The van der Waals surface area contributed by atoms with Gasteiger partial charge in [0.15, 0.2) is 0 Å². The Kier molecular flexibility index (Phi) is 5.13. The number of nitrogens with zero attached hydrogens (tertiary/aromatic N) is 4. The van der Waals surface area contributed by atoms with Gasteiger partial charge in [-0.3, -0.25) is 14.2 Å². The molecule has 2 aromatic heterocycles. The Labute approximate surface area is 157 Å². The van der Waals surface area contributed by atoms with Crippen molar-refractivity contribution in [1.29, 1.82) is 0 Å². The van der Waals surface area contributed by atoms with Gasteiger partial charge < -0.3 is 5.32 Å². The molecule has 0 fully saturated rings. The van der Waals surface area contributed by atoms with Crippen LogP contribution in [-0.4, -0.2) is 25.5 Å². The maximum atomic E-state index is 12.7. The first-order valence-electron chi connectivity index (χ1n) is 8.53. The van der Waals surface area contributed by atoms with Crippen molar-refractivity contribution in [3.05, 3.63) is 63.7 Å². The smallest absolute Gasteiger partial charge is 0.275 e. The van der Waals surface area contributed by atoms with Gasteiger partial charge in [-0.1, -0.05) is 41.4 Å². The molecule has 6 nitrogen and oxygen atoms in total. The molecule has 3 aromatic rings. The third kappa shape index (κ3) is 3.51. The van der Waals surface area contributed by atoms with E-state index in [1.54, 1.807) is 4.68 Å². The van der Waals surface area contributed by atoms with Crippen molar-refractivity contribution in [3.63, 3.8) is 0 Å². The predicted molar refractivity (Wildman–Crippen MR) is 103 cm³/mol. The topological polar surface area (TPSA) is 64.7 Å². The minimum Gasteiger partial charge on any atom is -0.317 e. The second-order valence-electron chi connectivity index (χ2n) is 6.30. The minimum absolute atomic E-state index is 0.282. The largest absolute Gasteiger partial charge is 0.317 e. The fourth-order valence-corrected chi connectivity index (χ4v) is 3.13. The molecular weight excluding hydrogens is 350 g/mol. The van der Waals surface area contributed by atoms with Gasteiger partial charge in [0, 0.05) is 6.54 Å². The molecule has 1 aromatic carbocycles. The molecule has 0 bridgehead atoms. The number of carbonyl (C=O) groups excluding carboxylic acids is 1. The molecule has 136 valence electrons. The number of aryl methyl sites for hydroxylation is 3. The van der Waals surface area contributed by atoms with Gasteiger partial charge in [0.25, 0.3) is 5.91 Å². The van der Waals surface area contributed by atoms with Crippen LogP contribution in [0.5, 0.6) is 0 Å². The average Bonchev–Trinajstić information content (AvgIpc) is 3.11. The molecule has 0 atom stereocenters. The number of aromatic nitrogens is 4. The van der Waals surface area contributed by atoms with Crippen LogP contribution in [0.1, 0.15) is 39.9 Å². The Morgan fingerprint density at radius 3 is 2.50 bits per heavy atom. The van der Waals surface area contributed by atoms with Crippen molar-refractivity contribution in [2.75, 3.05) is 5.32 Å². The number of anilines is 1. The van der Waals surface area contributed by atoms with Crippen molar-refractivity contribution < 1.29 is 4.79 Å². The standard InChI is InChI=1S/C19H22ClN5O/c1-5-24-18(16(20)10-21-24)19(26)22-17-13(3)23-25(14(17)4)11-15-8-6-12(2)7-9-15/h6-10H,5,11H2,1-4H3,(H,22,26). The summed E-state index contributed by atoms with van der Waals surface area (Å²) in [5.41, 5.74) is 5.11. The Bertz CT molecular complexity index is 940. The maximum Gasteiger partial charge on any atom is 0.275 e. The molecule has 0 aliphatic heterocycles. The first kappa shape index (κ1) is 18.2. The molecule has 1 N–H and O–H groups in total. The van der Waals surface area contributed by atoms with Crippen LogP contribution in [0.15, 0.2) is 30.5 Å². The monoisotopic (exact) mass is 371 g/mol. The molecule has 0 spiro atoms. The van der Waals surface area contributed by atoms with Gasteiger partial charge in [0.05, 0.1) is 34.8 Å². The summed E-state index contributed by atoms with van der Waals surface area (Å²) in [6.07, 6.45) is 1.49. The third-order valence-electron chi connectivity index (χ3n) is 4.38. The zero-order valence-corrected chi connectivity index (χ0v) is 16.1. The summed E-state index contributed by atoms with van der Waals surface area (Å²) in [6, 6.07) is 8.34. The van der Waals surface area contributed by atoms with E-state index < -0.39 is 0 Å². The second-order valence-corrected chi connectivity index (χ2v) is 6.71. The van der Waals surface area contributed by atoms with Gasteiger partial charge in [-0.05, 0) is 33.3 Å². The predicted octanol–water partition coefficient (Wildman–Crippen LogP) is 3.98. The molecule has 1 amide bonds. The molecule has 2 heterocycles. The van der Waals surface area contributed by atoms with E-state index in [-0.39, 0.29) is 5.91 Å². The zero-order chi connectivity index (χ0) is 18.8. The van der Waals surface area contributed by atoms with E-state index in [2.05, 4.69) is 46.7 Å². The number of halogens is 1. The number of nitrogens with one attached hydrogen (secondary N) is 1. The van der Waals surface area contributed by atoms with Crippen LogP contribution in [-0.2, 0) is 13.1 Å². The van der Waals surface area contributed by atoms with Crippen LogP contribution in [0.3, 0.4) is 0 Å². The maximum absolute atomic E-state index is 12.7. The Morgan fingerprint density at radius 2 is 1.85 bits per heavy atom. The highest BCUT2D eigenvalue weighted by Gasteiger charge is 2.20. The molecule has 0 radical (unpaired) electrons. The number of benzene rings is 1. The van der Waals surface area contributed by atoms with Gasteiger partial charge >= 0.3 is 0 Å². The lowest BCUT2D eigenvalue weighted by molar-refractivity contribution is 0.101. The highest BCUT2D eigenvalue weighted by molar-refractivity contribution is 6.34. The molecule has 26 heavy (non-hydrogen) atoms. The Balaban J connectivity index is 1.85. The van der Waals surface area contributed by atoms with Gasteiger partial charge in [-0.15, -0.1) is 0 Å². The normalized spacial score (nSPS) is 11.0. The molecule has 0 aliphatic carbocycles. The molecule has 0 saturated heterocycles. The number of hydrogen-bond donors (Lipinski definition) is 1. The SMILES string of the molecule is CCn1ncc(Cl)c1C(=O)Nc1c(C)nn(Cc2ccc(C)cc2)c1C. The lowest BCUT2D eigenvalue weighted by Gasteiger charge is -2.09. The molecule has 0 unspecified atom stereocenters.